The molecule has 1 aromatic heterocycles. The van der Waals surface area contributed by atoms with Crippen LogP contribution in [0.25, 0.3) is 0 Å². The minimum absolute atomic E-state index is 0.0470. The molecule has 0 saturated heterocycles. The first kappa shape index (κ1) is 32.3. The summed E-state index contributed by atoms with van der Waals surface area (Å²) in [6, 6.07) is 11.5. The number of benzene rings is 1. The van der Waals surface area contributed by atoms with E-state index in [1.807, 2.05) is 54.9 Å². The van der Waals surface area contributed by atoms with Crippen molar-refractivity contribution in [2.75, 3.05) is 6.61 Å². The van der Waals surface area contributed by atoms with E-state index < -0.39 is 5.54 Å². The van der Waals surface area contributed by atoms with Gasteiger partial charge in [-0.2, -0.15) is 0 Å². The van der Waals surface area contributed by atoms with Crippen LogP contribution >= 0.6 is 0 Å². The number of carbonyl (C=O) groups is 2. The highest BCUT2D eigenvalue weighted by molar-refractivity contribution is 5.97. The largest absolute Gasteiger partial charge is 0.493 e. The van der Waals surface area contributed by atoms with Crippen LogP contribution in [0, 0.1) is 0 Å². The van der Waals surface area contributed by atoms with Crippen molar-refractivity contribution in [2.45, 2.75) is 116 Å². The number of nitrogens with one attached hydrogen (secondary N) is 1. The lowest BCUT2D eigenvalue weighted by atomic mass is 9.90. The summed E-state index contributed by atoms with van der Waals surface area (Å²) in [7, 11) is 0. The van der Waals surface area contributed by atoms with E-state index in [2.05, 4.69) is 29.0 Å². The quantitative estimate of drug-likeness (QED) is 0.102. The molecule has 1 aliphatic carbocycles. The molecule has 1 heterocycles. The number of hydrogen-bond acceptors (Lipinski definition) is 3. The number of para-hydroxylation sites is 1. The standard InChI is InChI=1S/C36H50N2O3/c1-3-4-5-6-7-8-9-10-11-12-13-20-28-41-35-32(22-21-23-33(35)31(2)39)29-34(40)37-36(24-16-14-17-25-36)30-38-26-18-15-19-27-38/h14-19,21-24,26-27H,3-13,20,25,28-30H2,1-2H3/p+1. The van der Waals surface area contributed by atoms with Crippen LogP contribution in [0.3, 0.4) is 0 Å². The summed E-state index contributed by atoms with van der Waals surface area (Å²) in [4.78, 5) is 25.8. The number of carbonyl (C=O) groups excluding carboxylic acids is 2. The molecular weight excluding hydrogens is 508 g/mol. The summed E-state index contributed by atoms with van der Waals surface area (Å²) in [5.41, 5.74) is 0.794. The maximum Gasteiger partial charge on any atom is 0.225 e. The highest BCUT2D eigenvalue weighted by Crippen LogP contribution is 2.27. The maximum absolute atomic E-state index is 13.4. The van der Waals surface area contributed by atoms with Crippen LogP contribution in [0.4, 0.5) is 0 Å². The predicted molar refractivity (Wildman–Crippen MR) is 167 cm³/mol. The van der Waals surface area contributed by atoms with E-state index in [0.717, 1.165) is 18.4 Å². The van der Waals surface area contributed by atoms with Gasteiger partial charge in [0.1, 0.15) is 11.3 Å². The molecule has 1 amide bonds. The summed E-state index contributed by atoms with van der Waals surface area (Å²) in [5, 5.41) is 3.28. The Balaban J connectivity index is 1.49. The van der Waals surface area contributed by atoms with E-state index in [4.69, 9.17) is 4.74 Å². The Morgan fingerprint density at radius 1 is 0.854 bits per heavy atom. The third-order valence-electron chi connectivity index (χ3n) is 7.85. The van der Waals surface area contributed by atoms with Crippen LogP contribution in [0.15, 0.2) is 73.1 Å². The van der Waals surface area contributed by atoms with Crippen LogP contribution in [-0.2, 0) is 17.8 Å². The van der Waals surface area contributed by atoms with Gasteiger partial charge in [0.2, 0.25) is 5.91 Å². The first-order valence-corrected chi connectivity index (χ1v) is 15.9. The van der Waals surface area contributed by atoms with Crippen molar-refractivity contribution in [2.24, 2.45) is 0 Å². The van der Waals surface area contributed by atoms with Crippen molar-refractivity contribution in [3.05, 3.63) is 84.2 Å². The number of allylic oxidation sites excluding steroid dienone is 2. The minimum Gasteiger partial charge on any atom is -0.493 e. The molecule has 1 aromatic carbocycles. The zero-order valence-electron chi connectivity index (χ0n) is 25.4. The summed E-state index contributed by atoms with van der Waals surface area (Å²) in [6.45, 7) is 5.01. The molecule has 0 radical (unpaired) electrons. The van der Waals surface area contributed by atoms with E-state index in [9.17, 15) is 9.59 Å². The zero-order chi connectivity index (χ0) is 29.2. The molecule has 1 aliphatic rings. The Labute approximate surface area is 248 Å². The van der Waals surface area contributed by atoms with Gasteiger partial charge in [0.05, 0.1) is 18.6 Å². The molecule has 1 atom stereocenters. The van der Waals surface area contributed by atoms with E-state index in [1.54, 1.807) is 13.0 Å². The van der Waals surface area contributed by atoms with Gasteiger partial charge in [0.15, 0.2) is 24.7 Å². The molecule has 41 heavy (non-hydrogen) atoms. The molecule has 5 nitrogen and oxygen atoms in total. The van der Waals surface area contributed by atoms with Crippen molar-refractivity contribution < 1.29 is 18.9 Å². The van der Waals surface area contributed by atoms with Gasteiger partial charge < -0.3 is 10.1 Å². The molecule has 0 bridgehead atoms. The van der Waals surface area contributed by atoms with Gasteiger partial charge in [-0.25, -0.2) is 4.57 Å². The zero-order valence-corrected chi connectivity index (χ0v) is 25.4. The predicted octanol–water partition coefficient (Wildman–Crippen LogP) is 7.87. The Bertz CT molecular complexity index is 1120. The fraction of sp³-hybridized carbons (Fsp3) is 0.528. The van der Waals surface area contributed by atoms with Gasteiger partial charge in [-0.3, -0.25) is 9.59 Å². The van der Waals surface area contributed by atoms with Crippen molar-refractivity contribution in [1.82, 2.24) is 5.32 Å². The van der Waals surface area contributed by atoms with Gasteiger partial charge >= 0.3 is 0 Å². The molecule has 0 fully saturated rings. The van der Waals surface area contributed by atoms with Gasteiger partial charge in [-0.1, -0.05) is 120 Å². The molecule has 0 aliphatic heterocycles. The van der Waals surface area contributed by atoms with Crippen LogP contribution < -0.4 is 14.6 Å². The van der Waals surface area contributed by atoms with Crippen molar-refractivity contribution in [3.8, 4) is 5.75 Å². The first-order chi connectivity index (χ1) is 20.0. The average Bonchev–Trinajstić information content (AvgIpc) is 2.96. The van der Waals surface area contributed by atoms with Crippen LogP contribution in [0.5, 0.6) is 5.75 Å². The number of unbranched alkanes of at least 4 members (excludes halogenated alkanes) is 11. The first-order valence-electron chi connectivity index (χ1n) is 15.9. The van der Waals surface area contributed by atoms with E-state index >= 15 is 0 Å². The number of Topliss-reactive ketones (excluding diaryl/α,β-unsaturated/α-hetero) is 1. The van der Waals surface area contributed by atoms with Gasteiger partial charge in [0.25, 0.3) is 0 Å². The van der Waals surface area contributed by atoms with Gasteiger partial charge in [-0.15, -0.1) is 0 Å². The van der Waals surface area contributed by atoms with Crippen molar-refractivity contribution >= 4 is 11.7 Å². The third-order valence-corrected chi connectivity index (χ3v) is 7.85. The Morgan fingerprint density at radius 3 is 2.12 bits per heavy atom. The number of aromatic nitrogens is 1. The van der Waals surface area contributed by atoms with E-state index in [0.29, 0.717) is 30.9 Å². The molecule has 3 rings (SSSR count). The second-order valence-electron chi connectivity index (χ2n) is 11.5. The molecule has 1 N–H and O–H groups in total. The molecule has 0 spiro atoms. The second kappa shape index (κ2) is 18.3. The fourth-order valence-corrected chi connectivity index (χ4v) is 5.56. The Morgan fingerprint density at radius 2 is 1.51 bits per heavy atom. The molecule has 0 saturated carbocycles. The van der Waals surface area contributed by atoms with Crippen LogP contribution in [0.2, 0.25) is 0 Å². The number of nitrogens with zero attached hydrogens (tertiary/aromatic N) is 1. The summed E-state index contributed by atoms with van der Waals surface area (Å²) in [6.07, 6.45) is 28.5. The molecule has 2 aromatic rings. The maximum atomic E-state index is 13.4. The Kier molecular flexibility index (Phi) is 14.4. The number of hydrogen-bond donors (Lipinski definition) is 1. The molecule has 1 unspecified atom stereocenters. The third kappa shape index (κ3) is 11.7. The topological polar surface area (TPSA) is 59.3 Å². The minimum atomic E-state index is -0.508. The highest BCUT2D eigenvalue weighted by atomic mass is 16.5. The van der Waals surface area contributed by atoms with Gasteiger partial charge in [-0.05, 0) is 25.8 Å². The number of pyridine rings is 1. The molecular formula is C36H51N2O3+. The van der Waals surface area contributed by atoms with Crippen LogP contribution in [-0.4, -0.2) is 23.8 Å². The molecule has 5 heteroatoms. The summed E-state index contributed by atoms with van der Waals surface area (Å²) < 4.78 is 8.29. The lowest BCUT2D eigenvalue weighted by Crippen LogP contribution is -2.57. The lowest BCUT2D eigenvalue weighted by Gasteiger charge is -2.29. The average molecular weight is 560 g/mol. The second-order valence-corrected chi connectivity index (χ2v) is 11.5. The van der Waals surface area contributed by atoms with Crippen molar-refractivity contribution in [1.29, 1.82) is 0 Å². The van der Waals surface area contributed by atoms with Crippen LogP contribution in [0.1, 0.15) is 113 Å². The highest BCUT2D eigenvalue weighted by Gasteiger charge is 2.33. The van der Waals surface area contributed by atoms with E-state index in [1.165, 1.54) is 64.2 Å². The number of ketones is 1. The number of rotatable bonds is 20. The SMILES string of the molecule is CCCCCCCCCCCCCCOc1c(CC(=O)NC2(C[n+]3ccccc3)C=CC=CC2)cccc1C(C)=O. The number of ether oxygens (including phenoxy) is 1. The van der Waals surface area contributed by atoms with E-state index in [-0.39, 0.29) is 18.1 Å². The lowest BCUT2D eigenvalue weighted by molar-refractivity contribution is -0.703. The number of amides is 1. The Hall–Kier alpha value is -3.21. The summed E-state index contributed by atoms with van der Waals surface area (Å²) >= 11 is 0. The normalized spacial score (nSPS) is 16.0. The smallest absolute Gasteiger partial charge is 0.225 e. The fourth-order valence-electron chi connectivity index (χ4n) is 5.56. The molecule has 222 valence electrons. The monoisotopic (exact) mass is 559 g/mol. The van der Waals surface area contributed by atoms with Gasteiger partial charge in [0, 0.05) is 17.7 Å². The van der Waals surface area contributed by atoms with Crippen molar-refractivity contribution in [3.63, 3.8) is 0 Å². The summed E-state index contributed by atoms with van der Waals surface area (Å²) in [5.74, 6) is 0.426.